The van der Waals surface area contributed by atoms with E-state index in [1.165, 1.54) is 44.1 Å². The molecule has 4 fully saturated rings. The fraction of sp³-hybridized carbons (Fsp3) is 0.583. The SMILES string of the molecule is CC[C@@H](C)c1ccc(NC(=S)Nc2ccn(C34CC5CC(CC(C5)C3)C4)n2)cc1. The van der Waals surface area contributed by atoms with Gasteiger partial charge in [-0.3, -0.25) is 4.68 Å². The van der Waals surface area contributed by atoms with Gasteiger partial charge in [-0.2, -0.15) is 5.10 Å². The Balaban J connectivity index is 1.23. The molecule has 0 unspecified atom stereocenters. The summed E-state index contributed by atoms with van der Waals surface area (Å²) < 4.78 is 2.27. The van der Waals surface area contributed by atoms with E-state index >= 15 is 0 Å². The molecule has 2 aromatic rings. The molecule has 4 bridgehead atoms. The molecule has 1 aromatic heterocycles. The van der Waals surface area contributed by atoms with Crippen molar-refractivity contribution in [3.05, 3.63) is 42.1 Å². The van der Waals surface area contributed by atoms with Crippen LogP contribution in [0, 0.1) is 17.8 Å². The van der Waals surface area contributed by atoms with Crippen LogP contribution < -0.4 is 10.6 Å². The van der Waals surface area contributed by atoms with Gasteiger partial charge in [0.25, 0.3) is 0 Å². The molecule has 6 rings (SSSR count). The smallest absolute Gasteiger partial charge is 0.176 e. The number of thiocarbonyl (C=S) groups is 1. The number of hydrogen-bond acceptors (Lipinski definition) is 2. The van der Waals surface area contributed by atoms with E-state index in [4.69, 9.17) is 17.3 Å². The van der Waals surface area contributed by atoms with Crippen molar-refractivity contribution in [1.29, 1.82) is 0 Å². The van der Waals surface area contributed by atoms with Gasteiger partial charge in [-0.15, -0.1) is 0 Å². The zero-order valence-corrected chi connectivity index (χ0v) is 18.3. The minimum Gasteiger partial charge on any atom is -0.332 e. The Labute approximate surface area is 179 Å². The molecule has 154 valence electrons. The highest BCUT2D eigenvalue weighted by molar-refractivity contribution is 7.80. The van der Waals surface area contributed by atoms with E-state index < -0.39 is 0 Å². The molecule has 1 heterocycles. The van der Waals surface area contributed by atoms with Crippen molar-refractivity contribution in [2.45, 2.75) is 70.3 Å². The van der Waals surface area contributed by atoms with Gasteiger partial charge in [0.2, 0.25) is 0 Å². The van der Waals surface area contributed by atoms with Gasteiger partial charge in [-0.05, 0) is 98.5 Å². The van der Waals surface area contributed by atoms with Crippen LogP contribution >= 0.6 is 12.2 Å². The molecular formula is C24H32N4S. The molecule has 0 radical (unpaired) electrons. The molecule has 0 spiro atoms. The lowest BCUT2D eigenvalue weighted by atomic mass is 9.53. The fourth-order valence-corrected chi connectivity index (χ4v) is 6.63. The lowest BCUT2D eigenvalue weighted by Crippen LogP contribution is -2.52. The highest BCUT2D eigenvalue weighted by atomic mass is 32.1. The second-order valence-corrected chi connectivity index (χ2v) is 10.2. The standard InChI is InChI=1S/C24H32N4S/c1-3-16(2)20-4-6-21(7-5-20)25-23(29)26-22-8-9-28(27-22)24-13-17-10-18(14-24)12-19(11-17)15-24/h4-9,16-19H,3,10-15H2,1-2H3,(H2,25,26,27,29)/t16-,17?,18?,19?,24?/m1/s1. The van der Waals surface area contributed by atoms with Gasteiger partial charge in [-0.25, -0.2) is 0 Å². The maximum absolute atomic E-state index is 5.53. The van der Waals surface area contributed by atoms with Crippen LogP contribution in [-0.4, -0.2) is 14.9 Å². The number of nitrogens with zero attached hydrogens (tertiary/aromatic N) is 2. The molecule has 1 atom stereocenters. The summed E-state index contributed by atoms with van der Waals surface area (Å²) in [6, 6.07) is 10.6. The van der Waals surface area contributed by atoms with Gasteiger partial charge in [0, 0.05) is 18.0 Å². The van der Waals surface area contributed by atoms with Crippen molar-refractivity contribution in [1.82, 2.24) is 9.78 Å². The minimum atomic E-state index is 0.259. The largest absolute Gasteiger partial charge is 0.332 e. The average molecular weight is 409 g/mol. The van der Waals surface area contributed by atoms with Gasteiger partial charge in [0.05, 0.1) is 5.54 Å². The maximum atomic E-state index is 5.53. The lowest BCUT2D eigenvalue weighted by molar-refractivity contribution is -0.0492. The first-order chi connectivity index (χ1) is 14.0. The Morgan fingerprint density at radius 3 is 2.28 bits per heavy atom. The Bertz CT molecular complexity index is 849. The fourth-order valence-electron chi connectivity index (χ4n) is 6.41. The first kappa shape index (κ1) is 19.1. The van der Waals surface area contributed by atoms with Gasteiger partial charge in [0.15, 0.2) is 10.9 Å². The van der Waals surface area contributed by atoms with E-state index in [1.807, 2.05) is 0 Å². The quantitative estimate of drug-likeness (QED) is 0.584. The Hall–Kier alpha value is -1.88. The maximum Gasteiger partial charge on any atom is 0.176 e. The van der Waals surface area contributed by atoms with Crippen LogP contribution in [0.5, 0.6) is 0 Å². The van der Waals surface area contributed by atoms with Crippen LogP contribution in [0.4, 0.5) is 11.5 Å². The van der Waals surface area contributed by atoms with Crippen molar-refractivity contribution < 1.29 is 0 Å². The zero-order valence-electron chi connectivity index (χ0n) is 17.5. The topological polar surface area (TPSA) is 41.9 Å². The van der Waals surface area contributed by atoms with E-state index in [1.54, 1.807) is 0 Å². The van der Waals surface area contributed by atoms with Crippen LogP contribution in [0.25, 0.3) is 0 Å². The van der Waals surface area contributed by atoms with Crippen LogP contribution in [0.15, 0.2) is 36.5 Å². The summed E-state index contributed by atoms with van der Waals surface area (Å²) in [4.78, 5) is 0. The second-order valence-electron chi connectivity index (χ2n) is 9.80. The highest BCUT2D eigenvalue weighted by Crippen LogP contribution is 2.58. The monoisotopic (exact) mass is 408 g/mol. The predicted octanol–water partition coefficient (Wildman–Crippen LogP) is 6.13. The number of aromatic nitrogens is 2. The first-order valence-corrected chi connectivity index (χ1v) is 11.7. The molecule has 5 heteroatoms. The second kappa shape index (κ2) is 7.42. The van der Waals surface area contributed by atoms with Crippen molar-refractivity contribution in [2.75, 3.05) is 10.6 Å². The molecule has 4 nitrogen and oxygen atoms in total. The summed E-state index contributed by atoms with van der Waals surface area (Å²) in [6.07, 6.45) is 11.6. The third-order valence-corrected chi connectivity index (χ3v) is 7.88. The molecule has 0 saturated heterocycles. The predicted molar refractivity (Wildman–Crippen MR) is 123 cm³/mol. The van der Waals surface area contributed by atoms with Gasteiger partial charge < -0.3 is 10.6 Å². The van der Waals surface area contributed by atoms with E-state index in [9.17, 15) is 0 Å². The van der Waals surface area contributed by atoms with Crippen molar-refractivity contribution in [3.63, 3.8) is 0 Å². The van der Waals surface area contributed by atoms with Gasteiger partial charge in [-0.1, -0.05) is 26.0 Å². The highest BCUT2D eigenvalue weighted by Gasteiger charge is 2.52. The van der Waals surface area contributed by atoms with Gasteiger partial charge >= 0.3 is 0 Å². The summed E-state index contributed by atoms with van der Waals surface area (Å²) in [5.74, 6) is 4.19. The molecule has 29 heavy (non-hydrogen) atoms. The number of benzene rings is 1. The molecule has 0 amide bonds. The number of anilines is 2. The van der Waals surface area contributed by atoms with E-state index in [2.05, 4.69) is 65.7 Å². The summed E-state index contributed by atoms with van der Waals surface area (Å²) in [7, 11) is 0. The summed E-state index contributed by atoms with van der Waals surface area (Å²) in [5.41, 5.74) is 2.64. The van der Waals surface area contributed by atoms with Crippen molar-refractivity contribution >= 4 is 28.8 Å². The third-order valence-electron chi connectivity index (χ3n) is 7.67. The molecule has 4 aliphatic carbocycles. The lowest BCUT2D eigenvalue weighted by Gasteiger charge is -2.56. The Morgan fingerprint density at radius 2 is 1.69 bits per heavy atom. The van der Waals surface area contributed by atoms with Gasteiger partial charge in [0.1, 0.15) is 0 Å². The number of nitrogens with one attached hydrogen (secondary N) is 2. The summed E-state index contributed by atoms with van der Waals surface area (Å²) in [6.45, 7) is 4.48. The van der Waals surface area contributed by atoms with Crippen molar-refractivity contribution in [3.8, 4) is 0 Å². The molecule has 4 saturated carbocycles. The third kappa shape index (κ3) is 3.70. The average Bonchev–Trinajstić information content (AvgIpc) is 3.16. The zero-order chi connectivity index (χ0) is 20.0. The number of hydrogen-bond donors (Lipinski definition) is 2. The Kier molecular flexibility index (Phi) is 4.89. The van der Waals surface area contributed by atoms with Crippen LogP contribution in [-0.2, 0) is 5.54 Å². The minimum absolute atomic E-state index is 0.259. The molecular weight excluding hydrogens is 376 g/mol. The van der Waals surface area contributed by atoms with Crippen LogP contribution in [0.2, 0.25) is 0 Å². The van der Waals surface area contributed by atoms with Crippen LogP contribution in [0.1, 0.15) is 70.3 Å². The van der Waals surface area contributed by atoms with Crippen molar-refractivity contribution in [2.24, 2.45) is 17.8 Å². The Morgan fingerprint density at radius 1 is 1.07 bits per heavy atom. The molecule has 4 aliphatic rings. The van der Waals surface area contributed by atoms with Crippen LogP contribution in [0.3, 0.4) is 0 Å². The molecule has 1 aromatic carbocycles. The summed E-state index contributed by atoms with van der Waals surface area (Å²) in [5, 5.41) is 12.1. The molecule has 2 N–H and O–H groups in total. The summed E-state index contributed by atoms with van der Waals surface area (Å²) >= 11 is 5.53. The van der Waals surface area contributed by atoms with E-state index in [-0.39, 0.29) is 5.54 Å². The van der Waals surface area contributed by atoms with E-state index in [0.29, 0.717) is 11.0 Å². The molecule has 0 aliphatic heterocycles. The van der Waals surface area contributed by atoms with E-state index in [0.717, 1.165) is 35.7 Å². The first-order valence-electron chi connectivity index (χ1n) is 11.3. The number of rotatable bonds is 5. The normalized spacial score (nSPS) is 30.9.